The summed E-state index contributed by atoms with van der Waals surface area (Å²) in [6, 6.07) is 19.8. The molecule has 2 atom stereocenters. The lowest BCUT2D eigenvalue weighted by Crippen LogP contribution is -2.40. The number of carbonyl (C=O) groups excluding carboxylic acids is 1. The average Bonchev–Trinajstić information content (AvgIpc) is 3.33. The van der Waals surface area contributed by atoms with Gasteiger partial charge in [-0.3, -0.25) is 4.79 Å². The SMILES string of the molecule is CCc1ccccc1NC(Nc1ccc(CC(=O)N2CC(F)CC2COc2ccc(C(=O)O)cc2)cc1Br)=C1CCC1. The number of carbonyl (C=O) groups is 2. The maximum absolute atomic E-state index is 14.4. The van der Waals surface area contributed by atoms with Crippen LogP contribution in [0.15, 0.2) is 82.6 Å². The highest BCUT2D eigenvalue weighted by Gasteiger charge is 2.35. The lowest BCUT2D eigenvalue weighted by Gasteiger charge is -2.26. The van der Waals surface area contributed by atoms with E-state index < -0.39 is 18.2 Å². The number of carboxylic acid groups (broad SMARTS) is 1. The van der Waals surface area contributed by atoms with E-state index in [-0.39, 0.29) is 37.5 Å². The van der Waals surface area contributed by atoms with Crippen LogP contribution < -0.4 is 15.4 Å². The summed E-state index contributed by atoms with van der Waals surface area (Å²) in [6.45, 7) is 2.32. The first-order valence-corrected chi connectivity index (χ1v) is 15.1. The predicted molar refractivity (Wildman–Crippen MR) is 166 cm³/mol. The summed E-state index contributed by atoms with van der Waals surface area (Å²) in [5.41, 5.74) is 5.57. The van der Waals surface area contributed by atoms with Crippen LogP contribution in [0.1, 0.15) is 54.1 Å². The summed E-state index contributed by atoms with van der Waals surface area (Å²) in [6.07, 6.45) is 3.46. The maximum atomic E-state index is 14.4. The third-order valence-electron chi connectivity index (χ3n) is 7.84. The molecule has 42 heavy (non-hydrogen) atoms. The Bertz CT molecular complexity index is 1470. The normalized spacial score (nSPS) is 17.9. The van der Waals surface area contributed by atoms with Gasteiger partial charge in [-0.1, -0.05) is 31.2 Å². The summed E-state index contributed by atoms with van der Waals surface area (Å²) in [7, 11) is 0. The lowest BCUT2D eigenvalue weighted by molar-refractivity contribution is -0.132. The quantitative estimate of drug-likeness (QED) is 0.207. The van der Waals surface area contributed by atoms with Crippen molar-refractivity contribution in [3.63, 3.8) is 0 Å². The summed E-state index contributed by atoms with van der Waals surface area (Å²) in [4.78, 5) is 25.9. The zero-order chi connectivity index (χ0) is 29.6. The van der Waals surface area contributed by atoms with E-state index in [0.717, 1.165) is 46.5 Å². The number of hydrogen-bond donors (Lipinski definition) is 3. The molecule has 0 bridgehead atoms. The zero-order valence-electron chi connectivity index (χ0n) is 23.5. The molecule has 2 unspecified atom stereocenters. The minimum absolute atomic E-state index is 0.0352. The molecule has 1 aliphatic carbocycles. The molecule has 2 fully saturated rings. The number of nitrogens with one attached hydrogen (secondary N) is 2. The average molecular weight is 637 g/mol. The van der Waals surface area contributed by atoms with Crippen molar-refractivity contribution in [2.45, 2.75) is 57.7 Å². The Morgan fingerprint density at radius 3 is 2.45 bits per heavy atom. The Balaban J connectivity index is 1.22. The van der Waals surface area contributed by atoms with Crippen LogP contribution in [0.2, 0.25) is 0 Å². The molecule has 0 aromatic heterocycles. The number of para-hydroxylation sites is 1. The number of rotatable bonds is 11. The van der Waals surface area contributed by atoms with E-state index in [9.17, 15) is 14.0 Å². The molecule has 9 heteroatoms. The maximum Gasteiger partial charge on any atom is 0.335 e. The van der Waals surface area contributed by atoms with Crippen molar-refractivity contribution in [2.24, 2.45) is 0 Å². The molecule has 1 aliphatic heterocycles. The van der Waals surface area contributed by atoms with E-state index in [1.54, 1.807) is 17.0 Å². The first-order chi connectivity index (χ1) is 20.3. The number of aromatic carboxylic acids is 1. The number of halogens is 2. The highest BCUT2D eigenvalue weighted by molar-refractivity contribution is 9.10. The van der Waals surface area contributed by atoms with Gasteiger partial charge in [0.1, 0.15) is 24.3 Å². The van der Waals surface area contributed by atoms with Crippen molar-refractivity contribution in [3.05, 3.63) is 99.3 Å². The van der Waals surface area contributed by atoms with Gasteiger partial charge in [0, 0.05) is 16.6 Å². The minimum atomic E-state index is -1.11. The highest BCUT2D eigenvalue weighted by Crippen LogP contribution is 2.33. The second-order valence-electron chi connectivity index (χ2n) is 10.8. The van der Waals surface area contributed by atoms with Gasteiger partial charge in [0.25, 0.3) is 0 Å². The smallest absolute Gasteiger partial charge is 0.335 e. The van der Waals surface area contributed by atoms with Crippen molar-refractivity contribution in [1.29, 1.82) is 0 Å². The third-order valence-corrected chi connectivity index (χ3v) is 8.50. The Morgan fingerprint density at radius 1 is 1.05 bits per heavy atom. The number of nitrogens with zero attached hydrogens (tertiary/aromatic N) is 1. The van der Waals surface area contributed by atoms with E-state index in [0.29, 0.717) is 5.75 Å². The van der Waals surface area contributed by atoms with Gasteiger partial charge < -0.3 is 25.4 Å². The Kier molecular flexibility index (Phi) is 9.47. The molecule has 3 N–H and O–H groups in total. The lowest BCUT2D eigenvalue weighted by atomic mass is 9.92. The van der Waals surface area contributed by atoms with Crippen LogP contribution in [0.5, 0.6) is 5.75 Å². The standard InChI is InChI=1S/C33H35BrFN3O4/c1-2-22-6-3-4-9-29(22)36-32(23-7-5-8-23)37-30-15-10-21(16-28(30)34)17-31(39)38-19-25(35)18-26(38)20-42-27-13-11-24(12-14-27)33(40)41/h3-4,6,9-16,25-26,36-37H,2,5,7-8,17-20H2,1H3,(H,40,41). The van der Waals surface area contributed by atoms with Crippen LogP contribution in [0.25, 0.3) is 0 Å². The molecule has 5 rings (SSSR count). The fourth-order valence-electron chi connectivity index (χ4n) is 5.29. The summed E-state index contributed by atoms with van der Waals surface area (Å²) in [5.74, 6) is 0.298. The van der Waals surface area contributed by atoms with Crippen LogP contribution in [0, 0.1) is 0 Å². The molecule has 3 aromatic carbocycles. The van der Waals surface area contributed by atoms with Gasteiger partial charge in [-0.15, -0.1) is 0 Å². The summed E-state index contributed by atoms with van der Waals surface area (Å²) < 4.78 is 21.0. The number of anilines is 2. The number of carboxylic acids is 1. The van der Waals surface area contributed by atoms with Crippen LogP contribution in [-0.2, 0) is 17.6 Å². The second-order valence-corrected chi connectivity index (χ2v) is 11.6. The Morgan fingerprint density at radius 2 is 1.79 bits per heavy atom. The monoisotopic (exact) mass is 635 g/mol. The molecular formula is C33H35BrFN3O4. The third kappa shape index (κ3) is 7.13. The van der Waals surface area contributed by atoms with Crippen LogP contribution >= 0.6 is 15.9 Å². The molecule has 220 valence electrons. The Hall–Kier alpha value is -3.85. The number of amides is 1. The van der Waals surface area contributed by atoms with Crippen LogP contribution in [0.3, 0.4) is 0 Å². The number of allylic oxidation sites excluding steroid dienone is 1. The molecular weight excluding hydrogens is 601 g/mol. The molecule has 0 spiro atoms. The number of benzene rings is 3. The van der Waals surface area contributed by atoms with E-state index >= 15 is 0 Å². The second kappa shape index (κ2) is 13.4. The molecule has 7 nitrogen and oxygen atoms in total. The van der Waals surface area contributed by atoms with Gasteiger partial charge in [-0.2, -0.15) is 0 Å². The van der Waals surface area contributed by atoms with Gasteiger partial charge in [0.05, 0.1) is 30.3 Å². The molecule has 1 heterocycles. The molecule has 1 amide bonds. The van der Waals surface area contributed by atoms with Gasteiger partial charge >= 0.3 is 5.97 Å². The highest BCUT2D eigenvalue weighted by atomic mass is 79.9. The summed E-state index contributed by atoms with van der Waals surface area (Å²) >= 11 is 3.68. The number of hydrogen-bond acceptors (Lipinski definition) is 5. The molecule has 1 saturated carbocycles. The fourth-order valence-corrected chi connectivity index (χ4v) is 5.81. The number of aryl methyl sites for hydroxylation is 1. The molecule has 1 saturated heterocycles. The van der Waals surface area contributed by atoms with Crippen molar-refractivity contribution >= 4 is 39.2 Å². The molecule has 0 radical (unpaired) electrons. The van der Waals surface area contributed by atoms with E-state index in [4.69, 9.17) is 9.84 Å². The van der Waals surface area contributed by atoms with E-state index in [1.807, 2.05) is 24.3 Å². The topological polar surface area (TPSA) is 90.9 Å². The van der Waals surface area contributed by atoms with Gasteiger partial charge in [0.2, 0.25) is 5.91 Å². The van der Waals surface area contributed by atoms with Crippen molar-refractivity contribution in [1.82, 2.24) is 4.90 Å². The zero-order valence-corrected chi connectivity index (χ0v) is 25.1. The van der Waals surface area contributed by atoms with E-state index in [1.165, 1.54) is 29.7 Å². The fraction of sp³-hybridized carbons (Fsp3) is 0.333. The van der Waals surface area contributed by atoms with Gasteiger partial charge in [-0.25, -0.2) is 9.18 Å². The minimum Gasteiger partial charge on any atom is -0.491 e. The Labute approximate surface area is 253 Å². The van der Waals surface area contributed by atoms with Crippen molar-refractivity contribution < 1.29 is 23.8 Å². The van der Waals surface area contributed by atoms with Gasteiger partial charge in [0.15, 0.2) is 0 Å². The first-order valence-electron chi connectivity index (χ1n) is 14.3. The number of likely N-dealkylation sites (tertiary alicyclic amines) is 1. The van der Waals surface area contributed by atoms with Gasteiger partial charge in [-0.05, 0) is 101 Å². The summed E-state index contributed by atoms with van der Waals surface area (Å²) in [5, 5.41) is 16.2. The van der Waals surface area contributed by atoms with Crippen LogP contribution in [-0.4, -0.2) is 47.2 Å². The van der Waals surface area contributed by atoms with Crippen molar-refractivity contribution in [2.75, 3.05) is 23.8 Å². The van der Waals surface area contributed by atoms with Crippen molar-refractivity contribution in [3.8, 4) is 5.75 Å². The first kappa shape index (κ1) is 29.6. The number of alkyl halides is 1. The number of ether oxygens (including phenoxy) is 1. The van der Waals surface area contributed by atoms with E-state index in [2.05, 4.69) is 51.7 Å². The predicted octanol–water partition coefficient (Wildman–Crippen LogP) is 7.19. The molecule has 2 aliphatic rings. The largest absolute Gasteiger partial charge is 0.491 e. The van der Waals surface area contributed by atoms with Crippen LogP contribution in [0.4, 0.5) is 15.8 Å². The molecule has 3 aromatic rings.